The van der Waals surface area contributed by atoms with Crippen molar-refractivity contribution in [2.45, 2.75) is 32.2 Å². The minimum Gasteiger partial charge on any atom is -0.404 e. The highest BCUT2D eigenvalue weighted by atomic mass is 35.5. The molecule has 1 aromatic carbocycles. The summed E-state index contributed by atoms with van der Waals surface area (Å²) >= 11 is 5.78. The van der Waals surface area contributed by atoms with Crippen LogP contribution < -0.4 is 16.2 Å². The fraction of sp³-hybridized carbons (Fsp3) is 0.467. The van der Waals surface area contributed by atoms with E-state index in [2.05, 4.69) is 14.7 Å². The van der Waals surface area contributed by atoms with Crippen molar-refractivity contribution in [1.29, 1.82) is 0 Å². The van der Waals surface area contributed by atoms with Gasteiger partial charge in [-0.3, -0.25) is 0 Å². The molecular weight excluding hydrogens is 394 g/mol. The zero-order valence-corrected chi connectivity index (χ0v) is 15.4. The van der Waals surface area contributed by atoms with Crippen LogP contribution in [0.1, 0.15) is 24.8 Å². The van der Waals surface area contributed by atoms with E-state index in [1.54, 1.807) is 0 Å². The van der Waals surface area contributed by atoms with E-state index in [-0.39, 0.29) is 29.9 Å². The third-order valence-corrected chi connectivity index (χ3v) is 3.85. The first-order valence-electron chi connectivity index (χ1n) is 7.68. The highest BCUT2D eigenvalue weighted by molar-refractivity contribution is 6.32. The summed E-state index contributed by atoms with van der Waals surface area (Å²) in [6, 6.07) is 3.88. The topological polar surface area (TPSA) is 89.2 Å². The third-order valence-electron chi connectivity index (χ3n) is 3.55. The first-order valence-corrected chi connectivity index (χ1v) is 8.05. The summed E-state index contributed by atoms with van der Waals surface area (Å²) < 4.78 is 40.4. The minimum atomic E-state index is -4.80. The van der Waals surface area contributed by atoms with Crippen molar-refractivity contribution in [3.8, 4) is 5.75 Å². The molecule has 0 bridgehead atoms. The van der Waals surface area contributed by atoms with Crippen molar-refractivity contribution in [3.05, 3.63) is 28.8 Å². The molecule has 1 aliphatic heterocycles. The molecule has 0 atom stereocenters. The van der Waals surface area contributed by atoms with Crippen LogP contribution in [0.15, 0.2) is 28.2 Å². The molecular formula is C15H20Cl2F3N5O. The van der Waals surface area contributed by atoms with Crippen LogP contribution in [0.3, 0.4) is 0 Å². The molecule has 0 unspecified atom stereocenters. The number of piperidine rings is 1. The molecule has 6 nitrogen and oxygen atoms in total. The van der Waals surface area contributed by atoms with Crippen molar-refractivity contribution in [1.82, 2.24) is 4.90 Å². The zero-order valence-electron chi connectivity index (χ0n) is 13.8. The van der Waals surface area contributed by atoms with Gasteiger partial charge in [0.25, 0.3) is 0 Å². The number of hydrogen-bond acceptors (Lipinski definition) is 2. The van der Waals surface area contributed by atoms with Gasteiger partial charge in [0.15, 0.2) is 5.96 Å². The van der Waals surface area contributed by atoms with Crippen LogP contribution in [-0.4, -0.2) is 36.3 Å². The number of rotatable bonds is 3. The van der Waals surface area contributed by atoms with E-state index in [9.17, 15) is 13.2 Å². The Morgan fingerprint density at radius 3 is 2.42 bits per heavy atom. The van der Waals surface area contributed by atoms with Crippen LogP contribution in [0, 0.1) is 0 Å². The fourth-order valence-corrected chi connectivity index (χ4v) is 2.61. The maximum Gasteiger partial charge on any atom is 0.573 e. The van der Waals surface area contributed by atoms with Gasteiger partial charge in [0.05, 0.1) is 11.6 Å². The fourth-order valence-electron chi connectivity index (χ4n) is 2.37. The number of likely N-dealkylation sites (tertiary alicyclic amines) is 1. The van der Waals surface area contributed by atoms with Crippen LogP contribution in [0.5, 0.6) is 5.75 Å². The summed E-state index contributed by atoms with van der Waals surface area (Å²) in [6.07, 6.45) is -1.52. The van der Waals surface area contributed by atoms with Gasteiger partial charge in [-0.15, -0.1) is 25.6 Å². The van der Waals surface area contributed by atoms with Crippen molar-refractivity contribution in [3.63, 3.8) is 0 Å². The average Bonchev–Trinajstić information content (AvgIpc) is 2.55. The molecule has 146 valence electrons. The van der Waals surface area contributed by atoms with Gasteiger partial charge in [-0.2, -0.15) is 4.99 Å². The lowest BCUT2D eigenvalue weighted by Gasteiger charge is -2.27. The summed E-state index contributed by atoms with van der Waals surface area (Å²) in [5, 5.41) is -0.167. The Hall–Kier alpha value is -1.87. The number of halogens is 5. The number of nitrogens with two attached hydrogens (primary N) is 2. The second kappa shape index (κ2) is 9.72. The number of benzene rings is 1. The standard InChI is InChI=1S/C15H19ClF3N5O.ClH/c16-11-8-10(4-5-12(11)25-15(17,18)19)9-22-13(20)23-14(21)24-6-2-1-3-7-24;/h4-5,8H,1-3,6-7,9H2,(H4,20,21,22,23);1H. The van der Waals surface area contributed by atoms with E-state index in [1.807, 2.05) is 4.90 Å². The number of nitrogens with zero attached hydrogens (tertiary/aromatic N) is 3. The highest BCUT2D eigenvalue weighted by Crippen LogP contribution is 2.30. The van der Waals surface area contributed by atoms with Crippen molar-refractivity contribution < 1.29 is 17.9 Å². The predicted molar refractivity (Wildman–Crippen MR) is 97.8 cm³/mol. The summed E-state index contributed by atoms with van der Waals surface area (Å²) in [5.41, 5.74) is 12.2. The van der Waals surface area contributed by atoms with Crippen LogP contribution in [0.4, 0.5) is 13.2 Å². The van der Waals surface area contributed by atoms with E-state index >= 15 is 0 Å². The lowest BCUT2D eigenvalue weighted by molar-refractivity contribution is -0.274. The number of guanidine groups is 2. The molecule has 0 radical (unpaired) electrons. The molecule has 11 heteroatoms. The molecule has 1 fully saturated rings. The van der Waals surface area contributed by atoms with E-state index in [0.29, 0.717) is 11.5 Å². The number of alkyl halides is 3. The lowest BCUT2D eigenvalue weighted by atomic mass is 10.1. The maximum absolute atomic E-state index is 12.2. The molecule has 0 spiro atoms. The van der Waals surface area contributed by atoms with E-state index in [4.69, 9.17) is 23.1 Å². The van der Waals surface area contributed by atoms with Crippen molar-refractivity contribution in [2.24, 2.45) is 21.5 Å². The van der Waals surface area contributed by atoms with Crippen LogP contribution >= 0.6 is 24.0 Å². The van der Waals surface area contributed by atoms with E-state index in [1.165, 1.54) is 18.6 Å². The molecule has 2 rings (SSSR count). The van der Waals surface area contributed by atoms with E-state index in [0.717, 1.165) is 32.0 Å². The number of ether oxygens (including phenoxy) is 1. The van der Waals surface area contributed by atoms with Gasteiger partial charge in [0.2, 0.25) is 5.96 Å². The van der Waals surface area contributed by atoms with Gasteiger partial charge >= 0.3 is 6.36 Å². The Bertz CT molecular complexity index is 661. The van der Waals surface area contributed by atoms with Crippen LogP contribution in [-0.2, 0) is 6.54 Å². The second-order valence-electron chi connectivity index (χ2n) is 5.50. The molecule has 1 saturated heterocycles. The maximum atomic E-state index is 12.2. The monoisotopic (exact) mass is 413 g/mol. The van der Waals surface area contributed by atoms with Crippen LogP contribution in [0.2, 0.25) is 5.02 Å². The zero-order chi connectivity index (χ0) is 18.4. The third kappa shape index (κ3) is 7.17. The Labute approximate surface area is 160 Å². The molecule has 0 aliphatic carbocycles. The normalized spacial score (nSPS) is 16.2. The second-order valence-corrected chi connectivity index (χ2v) is 5.91. The van der Waals surface area contributed by atoms with Gasteiger partial charge in [-0.25, -0.2) is 4.99 Å². The molecule has 0 aromatic heterocycles. The Kier molecular flexibility index (Phi) is 8.29. The Morgan fingerprint density at radius 2 is 1.85 bits per heavy atom. The average molecular weight is 414 g/mol. The number of aliphatic imine (C=N–C) groups is 2. The molecule has 0 saturated carbocycles. The SMILES string of the molecule is Cl.NC(=NCc1ccc(OC(F)(F)F)c(Cl)c1)N=C(N)N1CCCCC1. The molecule has 1 aliphatic rings. The first-order chi connectivity index (χ1) is 11.7. The van der Waals surface area contributed by atoms with Crippen molar-refractivity contribution >= 4 is 35.9 Å². The van der Waals surface area contributed by atoms with Gasteiger partial charge in [-0.05, 0) is 37.0 Å². The molecule has 1 aromatic rings. The quantitative estimate of drug-likeness (QED) is 0.587. The van der Waals surface area contributed by atoms with E-state index < -0.39 is 12.1 Å². The smallest absolute Gasteiger partial charge is 0.404 e. The van der Waals surface area contributed by atoms with Crippen molar-refractivity contribution in [2.75, 3.05) is 13.1 Å². The Balaban J connectivity index is 0.00000338. The molecule has 1 heterocycles. The van der Waals surface area contributed by atoms with Gasteiger partial charge in [-0.1, -0.05) is 17.7 Å². The Morgan fingerprint density at radius 1 is 1.19 bits per heavy atom. The van der Waals surface area contributed by atoms with Crippen LogP contribution in [0.25, 0.3) is 0 Å². The van der Waals surface area contributed by atoms with Gasteiger partial charge in [0.1, 0.15) is 5.75 Å². The number of hydrogen-bond donors (Lipinski definition) is 2. The molecule has 0 amide bonds. The summed E-state index contributed by atoms with van der Waals surface area (Å²) in [7, 11) is 0. The summed E-state index contributed by atoms with van der Waals surface area (Å²) in [5.74, 6) is -0.162. The minimum absolute atomic E-state index is 0. The predicted octanol–water partition coefficient (Wildman–Crippen LogP) is 3.28. The summed E-state index contributed by atoms with van der Waals surface area (Å²) in [6.45, 7) is 1.77. The first kappa shape index (κ1) is 22.2. The van der Waals surface area contributed by atoms with Gasteiger partial charge in [0, 0.05) is 13.1 Å². The molecule has 26 heavy (non-hydrogen) atoms. The largest absolute Gasteiger partial charge is 0.573 e. The highest BCUT2D eigenvalue weighted by Gasteiger charge is 2.32. The lowest BCUT2D eigenvalue weighted by Crippen LogP contribution is -2.41. The molecule has 4 N–H and O–H groups in total. The van der Waals surface area contributed by atoms with Gasteiger partial charge < -0.3 is 21.1 Å². The summed E-state index contributed by atoms with van der Waals surface area (Å²) in [4.78, 5) is 10.0.